The van der Waals surface area contributed by atoms with Gasteiger partial charge < -0.3 is 10.7 Å². The summed E-state index contributed by atoms with van der Waals surface area (Å²) >= 11 is 0. The predicted molar refractivity (Wildman–Crippen MR) is 75.9 cm³/mol. The number of nitrogens with one attached hydrogen (secondary N) is 2. The summed E-state index contributed by atoms with van der Waals surface area (Å²) in [7, 11) is 0. The van der Waals surface area contributed by atoms with Crippen molar-refractivity contribution in [2.24, 2.45) is 5.84 Å². The molecule has 4 N–H and O–H groups in total. The number of hydrogen-bond acceptors (Lipinski definition) is 4. The van der Waals surface area contributed by atoms with Crippen molar-refractivity contribution >= 4 is 17.4 Å². The minimum Gasteiger partial charge on any atom is -0.320 e. The lowest BCUT2D eigenvalue weighted by Crippen LogP contribution is -2.16. The zero-order valence-corrected chi connectivity index (χ0v) is 10.9. The minimum absolute atomic E-state index is 0.259. The Morgan fingerprint density at radius 3 is 2.63 bits per heavy atom. The molecule has 0 aliphatic rings. The fourth-order valence-electron chi connectivity index (χ4n) is 1.71. The highest BCUT2D eigenvalue weighted by Crippen LogP contribution is 2.18. The van der Waals surface area contributed by atoms with Crippen LogP contribution in [0.4, 0.5) is 11.5 Å². The molecule has 5 heteroatoms. The van der Waals surface area contributed by atoms with E-state index in [4.69, 9.17) is 5.84 Å². The van der Waals surface area contributed by atoms with Crippen molar-refractivity contribution in [3.05, 3.63) is 53.2 Å². The molecule has 2 aromatic rings. The molecule has 0 saturated carbocycles. The van der Waals surface area contributed by atoms with Gasteiger partial charge in [0.1, 0.15) is 11.5 Å². The fraction of sp³-hybridized carbons (Fsp3) is 0.143. The SMILES string of the molecule is Cc1cccc(NC(=O)c2cccc(NN)n2)c1C. The second-order valence-electron chi connectivity index (χ2n) is 4.25. The zero-order valence-electron chi connectivity index (χ0n) is 10.9. The number of aryl methyl sites for hydroxylation is 1. The summed E-state index contributed by atoms with van der Waals surface area (Å²) in [5.74, 6) is 5.47. The minimum atomic E-state index is -0.259. The molecule has 0 unspecified atom stereocenters. The highest BCUT2D eigenvalue weighted by atomic mass is 16.1. The van der Waals surface area contributed by atoms with Gasteiger partial charge in [-0.3, -0.25) is 4.79 Å². The third-order valence-corrected chi connectivity index (χ3v) is 2.98. The predicted octanol–water partition coefficient (Wildman–Crippen LogP) is 2.24. The Kier molecular flexibility index (Phi) is 3.77. The van der Waals surface area contributed by atoms with Crippen molar-refractivity contribution in [2.75, 3.05) is 10.7 Å². The van der Waals surface area contributed by atoms with Crippen LogP contribution in [0.3, 0.4) is 0 Å². The van der Waals surface area contributed by atoms with Crippen LogP contribution in [0.1, 0.15) is 21.6 Å². The first-order valence-corrected chi connectivity index (χ1v) is 5.93. The molecule has 1 amide bonds. The lowest BCUT2D eigenvalue weighted by atomic mass is 10.1. The molecule has 0 aliphatic heterocycles. The van der Waals surface area contributed by atoms with E-state index in [0.717, 1.165) is 16.8 Å². The molecule has 1 aromatic heterocycles. The van der Waals surface area contributed by atoms with E-state index in [1.807, 2.05) is 32.0 Å². The number of aromatic nitrogens is 1. The Morgan fingerprint density at radius 1 is 1.16 bits per heavy atom. The van der Waals surface area contributed by atoms with E-state index in [9.17, 15) is 4.79 Å². The topological polar surface area (TPSA) is 80.0 Å². The molecule has 0 atom stereocenters. The van der Waals surface area contributed by atoms with Gasteiger partial charge in [0.15, 0.2) is 0 Å². The quantitative estimate of drug-likeness (QED) is 0.581. The molecule has 0 bridgehead atoms. The summed E-state index contributed by atoms with van der Waals surface area (Å²) in [5.41, 5.74) is 5.69. The highest BCUT2D eigenvalue weighted by Gasteiger charge is 2.10. The number of carbonyl (C=O) groups excluding carboxylic acids is 1. The van der Waals surface area contributed by atoms with Crippen molar-refractivity contribution < 1.29 is 4.79 Å². The van der Waals surface area contributed by atoms with Gasteiger partial charge in [0.05, 0.1) is 0 Å². The largest absolute Gasteiger partial charge is 0.320 e. The normalized spacial score (nSPS) is 10.1. The number of rotatable bonds is 3. The van der Waals surface area contributed by atoms with Gasteiger partial charge in [-0.2, -0.15) is 0 Å². The molecule has 0 fully saturated rings. The molecule has 1 aromatic carbocycles. The van der Waals surface area contributed by atoms with Crippen LogP contribution in [0, 0.1) is 13.8 Å². The number of hydrogen-bond donors (Lipinski definition) is 3. The first-order valence-electron chi connectivity index (χ1n) is 5.93. The smallest absolute Gasteiger partial charge is 0.274 e. The molecule has 1 heterocycles. The summed E-state index contributed by atoms with van der Waals surface area (Å²) in [6.07, 6.45) is 0. The Balaban J connectivity index is 2.23. The lowest BCUT2D eigenvalue weighted by Gasteiger charge is -2.10. The van der Waals surface area contributed by atoms with Gasteiger partial charge in [-0.15, -0.1) is 0 Å². The van der Waals surface area contributed by atoms with Crippen molar-refractivity contribution in [1.29, 1.82) is 0 Å². The summed E-state index contributed by atoms with van der Waals surface area (Å²) in [4.78, 5) is 16.2. The number of nitrogens with two attached hydrogens (primary N) is 1. The van der Waals surface area contributed by atoms with Crippen LogP contribution in [0.25, 0.3) is 0 Å². The third-order valence-electron chi connectivity index (χ3n) is 2.98. The standard InChI is InChI=1S/C14H16N4O/c1-9-5-3-6-11(10(9)2)17-14(19)12-7-4-8-13(16-12)18-15/h3-8H,15H2,1-2H3,(H,16,18)(H,17,19). The first-order chi connectivity index (χ1) is 9.11. The Labute approximate surface area is 111 Å². The number of pyridine rings is 1. The molecular weight excluding hydrogens is 240 g/mol. The maximum atomic E-state index is 12.1. The van der Waals surface area contributed by atoms with Gasteiger partial charge >= 0.3 is 0 Å². The van der Waals surface area contributed by atoms with Crippen LogP contribution in [-0.4, -0.2) is 10.9 Å². The Hall–Kier alpha value is -2.40. The van der Waals surface area contributed by atoms with Gasteiger partial charge in [-0.25, -0.2) is 10.8 Å². The van der Waals surface area contributed by atoms with Gasteiger partial charge in [0.25, 0.3) is 5.91 Å². The molecule has 19 heavy (non-hydrogen) atoms. The molecule has 0 radical (unpaired) electrons. The molecular formula is C14H16N4O. The molecule has 2 rings (SSSR count). The van der Waals surface area contributed by atoms with Gasteiger partial charge in [0, 0.05) is 5.69 Å². The van der Waals surface area contributed by atoms with E-state index in [-0.39, 0.29) is 5.91 Å². The third kappa shape index (κ3) is 2.89. The number of amides is 1. The number of hydrazine groups is 1. The average Bonchev–Trinajstić information content (AvgIpc) is 2.44. The van der Waals surface area contributed by atoms with Gasteiger partial charge in [-0.05, 0) is 43.2 Å². The maximum absolute atomic E-state index is 12.1. The van der Waals surface area contributed by atoms with Crippen LogP contribution in [0.15, 0.2) is 36.4 Å². The Bertz CT molecular complexity index is 610. The summed E-state index contributed by atoms with van der Waals surface area (Å²) in [5, 5.41) is 2.85. The van der Waals surface area contributed by atoms with E-state index in [1.54, 1.807) is 18.2 Å². The second-order valence-corrected chi connectivity index (χ2v) is 4.25. The summed E-state index contributed by atoms with van der Waals surface area (Å²) < 4.78 is 0. The Morgan fingerprint density at radius 2 is 1.89 bits per heavy atom. The van der Waals surface area contributed by atoms with Crippen LogP contribution >= 0.6 is 0 Å². The monoisotopic (exact) mass is 256 g/mol. The second kappa shape index (κ2) is 5.49. The summed E-state index contributed by atoms with van der Waals surface area (Å²) in [6, 6.07) is 10.8. The van der Waals surface area contributed by atoms with Crippen LogP contribution < -0.4 is 16.6 Å². The van der Waals surface area contributed by atoms with Gasteiger partial charge in [0.2, 0.25) is 0 Å². The van der Waals surface area contributed by atoms with E-state index in [1.165, 1.54) is 0 Å². The van der Waals surface area contributed by atoms with E-state index < -0.39 is 0 Å². The molecule has 98 valence electrons. The van der Waals surface area contributed by atoms with Crippen molar-refractivity contribution in [3.8, 4) is 0 Å². The average molecular weight is 256 g/mol. The van der Waals surface area contributed by atoms with Crippen LogP contribution in [-0.2, 0) is 0 Å². The van der Waals surface area contributed by atoms with Crippen molar-refractivity contribution in [1.82, 2.24) is 4.98 Å². The number of nitrogens with zero attached hydrogens (tertiary/aromatic N) is 1. The lowest BCUT2D eigenvalue weighted by molar-refractivity contribution is 0.102. The van der Waals surface area contributed by atoms with E-state index in [2.05, 4.69) is 15.7 Å². The van der Waals surface area contributed by atoms with Crippen molar-refractivity contribution in [3.63, 3.8) is 0 Å². The number of carbonyl (C=O) groups is 1. The number of benzene rings is 1. The van der Waals surface area contributed by atoms with E-state index in [0.29, 0.717) is 11.5 Å². The fourth-order valence-corrected chi connectivity index (χ4v) is 1.71. The molecule has 0 spiro atoms. The molecule has 5 nitrogen and oxygen atoms in total. The highest BCUT2D eigenvalue weighted by molar-refractivity contribution is 6.03. The number of nitrogen functional groups attached to an aromatic ring is 1. The zero-order chi connectivity index (χ0) is 13.8. The van der Waals surface area contributed by atoms with Crippen LogP contribution in [0.5, 0.6) is 0 Å². The molecule has 0 saturated heterocycles. The van der Waals surface area contributed by atoms with E-state index >= 15 is 0 Å². The van der Waals surface area contributed by atoms with Crippen molar-refractivity contribution in [2.45, 2.75) is 13.8 Å². The summed E-state index contributed by atoms with van der Waals surface area (Å²) in [6.45, 7) is 3.97. The molecule has 0 aliphatic carbocycles. The first kappa shape index (κ1) is 13.0. The number of anilines is 2. The maximum Gasteiger partial charge on any atom is 0.274 e. The van der Waals surface area contributed by atoms with Crippen LogP contribution in [0.2, 0.25) is 0 Å². The van der Waals surface area contributed by atoms with Gasteiger partial charge in [-0.1, -0.05) is 18.2 Å².